The third kappa shape index (κ3) is 3.76. The van der Waals surface area contributed by atoms with Gasteiger partial charge in [-0.1, -0.05) is 15.9 Å². The van der Waals surface area contributed by atoms with E-state index in [2.05, 4.69) is 21.2 Å². The number of halogens is 1. The maximum Gasteiger partial charge on any atom is 0.256 e. The molecule has 7 heteroatoms. The molecule has 1 fully saturated rings. The van der Waals surface area contributed by atoms with E-state index < -0.39 is 0 Å². The van der Waals surface area contributed by atoms with E-state index in [1.165, 1.54) is 0 Å². The number of benzene rings is 1. The van der Waals surface area contributed by atoms with E-state index in [0.29, 0.717) is 42.3 Å². The minimum atomic E-state index is -0.375. The predicted molar refractivity (Wildman–Crippen MR) is 98.8 cm³/mol. The number of unbranched alkanes of at least 4 members (excludes halogenated alkanes) is 2. The molecule has 3 rings (SSSR count). The fourth-order valence-corrected chi connectivity index (χ4v) is 3.72. The molecule has 1 aromatic rings. The zero-order chi connectivity index (χ0) is 17.8. The van der Waals surface area contributed by atoms with Crippen molar-refractivity contribution in [3.05, 3.63) is 17.7 Å². The first kappa shape index (κ1) is 18.0. The summed E-state index contributed by atoms with van der Waals surface area (Å²) in [4.78, 5) is 26.9. The number of alkyl halides is 1. The first-order valence-corrected chi connectivity index (χ1v) is 9.80. The summed E-state index contributed by atoms with van der Waals surface area (Å²) in [6, 6.07) is 3.00. The number of rotatable bonds is 7. The number of fused-ring (bicyclic) bond motifs is 2. The van der Waals surface area contributed by atoms with Gasteiger partial charge in [-0.3, -0.25) is 9.59 Å². The van der Waals surface area contributed by atoms with Crippen LogP contribution in [-0.4, -0.2) is 48.3 Å². The highest BCUT2D eigenvalue weighted by atomic mass is 79.9. The second kappa shape index (κ2) is 8.08. The molecule has 2 amide bonds. The van der Waals surface area contributed by atoms with Crippen molar-refractivity contribution in [1.29, 1.82) is 0 Å². The lowest BCUT2D eigenvalue weighted by molar-refractivity contribution is -0.119. The summed E-state index contributed by atoms with van der Waals surface area (Å²) in [5.41, 5.74) is 0.960. The van der Waals surface area contributed by atoms with Crippen molar-refractivity contribution in [3.63, 3.8) is 0 Å². The Bertz CT molecular complexity index is 665. The van der Waals surface area contributed by atoms with Gasteiger partial charge >= 0.3 is 0 Å². The van der Waals surface area contributed by atoms with Crippen LogP contribution in [0.5, 0.6) is 11.5 Å². The molecule has 136 valence electrons. The van der Waals surface area contributed by atoms with E-state index in [1.54, 1.807) is 24.1 Å². The van der Waals surface area contributed by atoms with Gasteiger partial charge in [0.25, 0.3) is 5.91 Å². The van der Waals surface area contributed by atoms with Crippen molar-refractivity contribution in [2.24, 2.45) is 0 Å². The molecule has 1 saturated heterocycles. The van der Waals surface area contributed by atoms with Crippen LogP contribution in [0.25, 0.3) is 0 Å². The van der Waals surface area contributed by atoms with Gasteiger partial charge in [-0.05, 0) is 38.2 Å². The van der Waals surface area contributed by atoms with Gasteiger partial charge < -0.3 is 19.7 Å². The molecule has 0 saturated carbocycles. The van der Waals surface area contributed by atoms with Crippen LogP contribution in [0.2, 0.25) is 0 Å². The number of carbonyl (C=O) groups excluding carboxylic acids is 2. The van der Waals surface area contributed by atoms with Crippen LogP contribution < -0.4 is 14.8 Å². The zero-order valence-electron chi connectivity index (χ0n) is 14.3. The Morgan fingerprint density at radius 2 is 2.08 bits per heavy atom. The minimum Gasteiger partial charge on any atom is -0.493 e. The number of methoxy groups -OCH3 is 1. The van der Waals surface area contributed by atoms with E-state index in [-0.39, 0.29) is 17.9 Å². The van der Waals surface area contributed by atoms with Crippen LogP contribution in [0.3, 0.4) is 0 Å². The van der Waals surface area contributed by atoms with Crippen LogP contribution in [0, 0.1) is 0 Å². The van der Waals surface area contributed by atoms with Crippen molar-refractivity contribution in [1.82, 2.24) is 4.90 Å². The van der Waals surface area contributed by atoms with Crippen molar-refractivity contribution >= 4 is 33.4 Å². The van der Waals surface area contributed by atoms with Crippen molar-refractivity contribution in [2.75, 3.05) is 30.9 Å². The highest BCUT2D eigenvalue weighted by Crippen LogP contribution is 2.37. The summed E-state index contributed by atoms with van der Waals surface area (Å²) in [6.45, 7) is 1.18. The number of nitrogens with one attached hydrogen (secondary N) is 1. The monoisotopic (exact) mass is 410 g/mol. The number of carbonyl (C=O) groups is 2. The Morgan fingerprint density at radius 3 is 2.84 bits per heavy atom. The van der Waals surface area contributed by atoms with Crippen LogP contribution in [-0.2, 0) is 4.79 Å². The van der Waals surface area contributed by atoms with Gasteiger partial charge in [-0.2, -0.15) is 0 Å². The molecule has 2 aliphatic heterocycles. The molecule has 2 heterocycles. The summed E-state index contributed by atoms with van der Waals surface area (Å²) in [5.74, 6) is 0.811. The van der Waals surface area contributed by atoms with Gasteiger partial charge in [-0.15, -0.1) is 0 Å². The van der Waals surface area contributed by atoms with Crippen LogP contribution in [0.1, 0.15) is 42.5 Å². The zero-order valence-corrected chi connectivity index (χ0v) is 15.9. The topological polar surface area (TPSA) is 67.9 Å². The number of nitrogens with zero attached hydrogens (tertiary/aromatic N) is 1. The van der Waals surface area contributed by atoms with E-state index in [1.807, 2.05) is 0 Å². The van der Waals surface area contributed by atoms with Gasteiger partial charge in [0.2, 0.25) is 5.91 Å². The van der Waals surface area contributed by atoms with Gasteiger partial charge in [-0.25, -0.2) is 0 Å². The average Bonchev–Trinajstić information content (AvgIpc) is 3.07. The number of anilines is 1. The lowest BCUT2D eigenvalue weighted by Gasteiger charge is -2.20. The second-order valence-corrected chi connectivity index (χ2v) is 7.09. The highest BCUT2D eigenvalue weighted by Gasteiger charge is 2.38. The molecule has 0 bridgehead atoms. The van der Waals surface area contributed by atoms with Gasteiger partial charge in [0.1, 0.15) is 6.04 Å². The molecule has 0 aromatic heterocycles. The Morgan fingerprint density at radius 1 is 1.24 bits per heavy atom. The van der Waals surface area contributed by atoms with Gasteiger partial charge in [0.15, 0.2) is 11.5 Å². The number of hydrogen-bond donors (Lipinski definition) is 1. The standard InChI is InChI=1S/C18H23BrN2O4/c1-24-15-10-12-13(11-16(15)25-9-4-2-3-7-19)20-17(22)14-6-5-8-21(14)18(12)23/h10-11,14H,2-9H2,1H3,(H,20,22). The molecule has 6 nitrogen and oxygen atoms in total. The summed E-state index contributed by atoms with van der Waals surface area (Å²) in [5, 5.41) is 3.87. The maximum atomic E-state index is 12.8. The normalized spacial score (nSPS) is 19.1. The summed E-state index contributed by atoms with van der Waals surface area (Å²) in [7, 11) is 1.55. The molecule has 1 N–H and O–H groups in total. The number of ether oxygens (including phenoxy) is 2. The van der Waals surface area contributed by atoms with Crippen LogP contribution in [0.15, 0.2) is 12.1 Å². The SMILES string of the molecule is COc1cc2c(cc1OCCCCCBr)NC(=O)C1CCCN1C2=O. The fourth-order valence-electron chi connectivity index (χ4n) is 3.32. The third-order valence-electron chi connectivity index (χ3n) is 4.64. The molecule has 1 unspecified atom stereocenters. The Labute approximate surface area is 156 Å². The first-order valence-electron chi connectivity index (χ1n) is 8.68. The van der Waals surface area contributed by atoms with E-state index in [4.69, 9.17) is 9.47 Å². The summed E-state index contributed by atoms with van der Waals surface area (Å²) >= 11 is 3.41. The molecule has 0 radical (unpaired) electrons. The van der Waals surface area contributed by atoms with E-state index >= 15 is 0 Å². The molecule has 2 aliphatic rings. The quantitative estimate of drug-likeness (QED) is 0.553. The van der Waals surface area contributed by atoms with Crippen molar-refractivity contribution < 1.29 is 19.1 Å². The van der Waals surface area contributed by atoms with Crippen molar-refractivity contribution in [3.8, 4) is 11.5 Å². The predicted octanol–water partition coefficient (Wildman–Crippen LogP) is 3.20. The average molecular weight is 411 g/mol. The van der Waals surface area contributed by atoms with E-state index in [9.17, 15) is 9.59 Å². The van der Waals surface area contributed by atoms with E-state index in [0.717, 1.165) is 31.0 Å². The molecule has 0 aliphatic carbocycles. The summed E-state index contributed by atoms with van der Waals surface area (Å²) < 4.78 is 11.2. The summed E-state index contributed by atoms with van der Waals surface area (Å²) in [6.07, 6.45) is 4.68. The molecule has 0 spiro atoms. The van der Waals surface area contributed by atoms with Crippen molar-refractivity contribution in [2.45, 2.75) is 38.1 Å². The Balaban J connectivity index is 1.83. The Kier molecular flexibility index (Phi) is 5.83. The number of hydrogen-bond acceptors (Lipinski definition) is 4. The molecule has 25 heavy (non-hydrogen) atoms. The fraction of sp³-hybridized carbons (Fsp3) is 0.556. The Hall–Kier alpha value is -1.76. The van der Waals surface area contributed by atoms with Gasteiger partial charge in [0, 0.05) is 17.9 Å². The lowest BCUT2D eigenvalue weighted by atomic mass is 10.1. The minimum absolute atomic E-state index is 0.127. The van der Waals surface area contributed by atoms with Crippen LogP contribution >= 0.6 is 15.9 Å². The first-order chi connectivity index (χ1) is 12.2. The molecule has 1 atom stereocenters. The molecular weight excluding hydrogens is 388 g/mol. The number of amides is 2. The highest BCUT2D eigenvalue weighted by molar-refractivity contribution is 9.09. The lowest BCUT2D eigenvalue weighted by Crippen LogP contribution is -2.40. The molecular formula is C18H23BrN2O4. The second-order valence-electron chi connectivity index (χ2n) is 6.29. The smallest absolute Gasteiger partial charge is 0.256 e. The maximum absolute atomic E-state index is 12.8. The molecule has 1 aromatic carbocycles. The van der Waals surface area contributed by atoms with Crippen LogP contribution in [0.4, 0.5) is 5.69 Å². The largest absolute Gasteiger partial charge is 0.493 e. The third-order valence-corrected chi connectivity index (χ3v) is 5.20. The van der Waals surface area contributed by atoms with Gasteiger partial charge in [0.05, 0.1) is 25.0 Å².